The minimum absolute atomic E-state index is 0.107. The molecule has 0 spiro atoms. The molecule has 0 bridgehead atoms. The molecule has 0 radical (unpaired) electrons. The third-order valence-electron chi connectivity index (χ3n) is 3.40. The van der Waals surface area contributed by atoms with Gasteiger partial charge in [-0.2, -0.15) is 5.26 Å². The number of hydrogen-bond acceptors (Lipinski definition) is 3. The van der Waals surface area contributed by atoms with Crippen LogP contribution in [-0.2, 0) is 6.42 Å². The Bertz CT molecular complexity index is 423. The molecular weight excluding hydrogens is 236 g/mol. The lowest BCUT2D eigenvalue weighted by Crippen LogP contribution is -2.29. The maximum Gasteiger partial charge on any atom is 0.119 e. The van der Waals surface area contributed by atoms with Gasteiger partial charge in [-0.25, -0.2) is 0 Å². The van der Waals surface area contributed by atoms with Crippen LogP contribution in [0, 0.1) is 23.2 Å². The molecular formula is C16H24N2O. The number of benzene rings is 1. The van der Waals surface area contributed by atoms with Crippen LogP contribution in [0.25, 0.3) is 0 Å². The van der Waals surface area contributed by atoms with Crippen molar-refractivity contribution < 1.29 is 4.74 Å². The van der Waals surface area contributed by atoms with Gasteiger partial charge < -0.3 is 9.64 Å². The summed E-state index contributed by atoms with van der Waals surface area (Å²) in [5.41, 5.74) is 1.27. The average molecular weight is 260 g/mol. The second kappa shape index (κ2) is 7.81. The zero-order valence-electron chi connectivity index (χ0n) is 12.4. The Morgan fingerprint density at radius 3 is 2.68 bits per heavy atom. The van der Waals surface area contributed by atoms with Crippen LogP contribution in [-0.4, -0.2) is 32.1 Å². The van der Waals surface area contributed by atoms with E-state index in [-0.39, 0.29) is 5.92 Å². The molecule has 3 heteroatoms. The summed E-state index contributed by atoms with van der Waals surface area (Å²) in [6.07, 6.45) is 0.976. The maximum absolute atomic E-state index is 9.11. The molecule has 0 saturated heterocycles. The SMILES string of the molecule is COc1cccc(CCN(C)CC(C#N)C(C)C)c1. The summed E-state index contributed by atoms with van der Waals surface area (Å²) < 4.78 is 5.22. The van der Waals surface area contributed by atoms with Gasteiger partial charge in [0.15, 0.2) is 0 Å². The number of rotatable bonds is 7. The predicted octanol–water partition coefficient (Wildman–Crippen LogP) is 2.97. The fourth-order valence-electron chi connectivity index (χ4n) is 1.98. The highest BCUT2D eigenvalue weighted by Gasteiger charge is 2.14. The van der Waals surface area contributed by atoms with Crippen molar-refractivity contribution >= 4 is 0 Å². The van der Waals surface area contributed by atoms with Gasteiger partial charge in [0.1, 0.15) is 5.75 Å². The standard InChI is InChI=1S/C16H24N2O/c1-13(2)15(11-17)12-18(3)9-8-14-6-5-7-16(10-14)19-4/h5-7,10,13,15H,8-9,12H2,1-4H3. The first-order valence-electron chi connectivity index (χ1n) is 6.78. The Kier molecular flexibility index (Phi) is 6.38. The third-order valence-corrected chi connectivity index (χ3v) is 3.40. The van der Waals surface area contributed by atoms with Crippen molar-refractivity contribution in [1.29, 1.82) is 5.26 Å². The van der Waals surface area contributed by atoms with Gasteiger partial charge in [-0.1, -0.05) is 26.0 Å². The van der Waals surface area contributed by atoms with E-state index in [0.29, 0.717) is 5.92 Å². The van der Waals surface area contributed by atoms with E-state index in [4.69, 9.17) is 10.00 Å². The smallest absolute Gasteiger partial charge is 0.119 e. The molecule has 19 heavy (non-hydrogen) atoms. The number of methoxy groups -OCH3 is 1. The van der Waals surface area contributed by atoms with Gasteiger partial charge in [0, 0.05) is 13.1 Å². The van der Waals surface area contributed by atoms with E-state index in [2.05, 4.69) is 44.0 Å². The highest BCUT2D eigenvalue weighted by atomic mass is 16.5. The molecule has 104 valence electrons. The Morgan fingerprint density at radius 1 is 1.37 bits per heavy atom. The second-order valence-corrected chi connectivity index (χ2v) is 5.34. The maximum atomic E-state index is 9.11. The number of ether oxygens (including phenoxy) is 1. The zero-order valence-corrected chi connectivity index (χ0v) is 12.4. The van der Waals surface area contributed by atoms with E-state index < -0.39 is 0 Å². The Hall–Kier alpha value is -1.53. The fraction of sp³-hybridized carbons (Fsp3) is 0.562. The molecule has 0 saturated carbocycles. The van der Waals surface area contributed by atoms with Gasteiger partial charge in [0.25, 0.3) is 0 Å². The molecule has 3 nitrogen and oxygen atoms in total. The Labute approximate surface area is 116 Å². The van der Waals surface area contributed by atoms with Crippen molar-refractivity contribution in [3.8, 4) is 11.8 Å². The molecule has 0 amide bonds. The Balaban J connectivity index is 2.45. The lowest BCUT2D eigenvalue weighted by Gasteiger charge is -2.22. The van der Waals surface area contributed by atoms with Crippen molar-refractivity contribution in [2.45, 2.75) is 20.3 Å². The largest absolute Gasteiger partial charge is 0.497 e. The normalized spacial score (nSPS) is 12.5. The minimum Gasteiger partial charge on any atom is -0.497 e. The third kappa shape index (κ3) is 5.32. The van der Waals surface area contributed by atoms with E-state index in [0.717, 1.165) is 25.3 Å². The van der Waals surface area contributed by atoms with E-state index in [9.17, 15) is 0 Å². The quantitative estimate of drug-likeness (QED) is 0.756. The number of nitrogens with zero attached hydrogens (tertiary/aromatic N) is 2. The first-order chi connectivity index (χ1) is 9.06. The highest BCUT2D eigenvalue weighted by molar-refractivity contribution is 5.28. The molecule has 0 aliphatic rings. The minimum atomic E-state index is 0.107. The average Bonchev–Trinajstić information content (AvgIpc) is 2.42. The van der Waals surface area contributed by atoms with Gasteiger partial charge in [0.05, 0.1) is 19.1 Å². The molecule has 0 aliphatic carbocycles. The van der Waals surface area contributed by atoms with Crippen molar-refractivity contribution in [3.63, 3.8) is 0 Å². The summed E-state index contributed by atoms with van der Waals surface area (Å²) in [6, 6.07) is 10.5. The monoisotopic (exact) mass is 260 g/mol. The zero-order chi connectivity index (χ0) is 14.3. The molecule has 1 aromatic carbocycles. The summed E-state index contributed by atoms with van der Waals surface area (Å²) in [4.78, 5) is 2.23. The van der Waals surface area contributed by atoms with Crippen LogP contribution < -0.4 is 4.74 Å². The number of likely N-dealkylation sites (N-methyl/N-ethyl adjacent to an activating group) is 1. The van der Waals surface area contributed by atoms with Crippen LogP contribution in [0.1, 0.15) is 19.4 Å². The lowest BCUT2D eigenvalue weighted by molar-refractivity contribution is 0.275. The summed E-state index contributed by atoms with van der Waals surface area (Å²) in [6.45, 7) is 5.99. The highest BCUT2D eigenvalue weighted by Crippen LogP contribution is 2.14. The summed E-state index contributed by atoms with van der Waals surface area (Å²) in [5, 5.41) is 9.11. The van der Waals surface area contributed by atoms with E-state index in [1.807, 2.05) is 12.1 Å². The first kappa shape index (κ1) is 15.5. The molecule has 0 aliphatic heterocycles. The topological polar surface area (TPSA) is 36.3 Å². The van der Waals surface area contributed by atoms with E-state index >= 15 is 0 Å². The van der Waals surface area contributed by atoms with Crippen molar-refractivity contribution in [3.05, 3.63) is 29.8 Å². The Morgan fingerprint density at radius 2 is 2.11 bits per heavy atom. The molecule has 0 aromatic heterocycles. The molecule has 0 N–H and O–H groups in total. The molecule has 0 heterocycles. The van der Waals surface area contributed by atoms with Crippen molar-refractivity contribution in [1.82, 2.24) is 4.90 Å². The fourth-order valence-corrected chi connectivity index (χ4v) is 1.98. The summed E-state index contributed by atoms with van der Waals surface area (Å²) >= 11 is 0. The molecule has 1 rings (SSSR count). The lowest BCUT2D eigenvalue weighted by atomic mass is 9.97. The van der Waals surface area contributed by atoms with Gasteiger partial charge in [0.2, 0.25) is 0 Å². The van der Waals surface area contributed by atoms with Crippen LogP contribution in [0.3, 0.4) is 0 Å². The second-order valence-electron chi connectivity index (χ2n) is 5.34. The first-order valence-corrected chi connectivity index (χ1v) is 6.78. The molecule has 1 aromatic rings. The van der Waals surface area contributed by atoms with Crippen molar-refractivity contribution in [2.75, 3.05) is 27.2 Å². The van der Waals surface area contributed by atoms with Gasteiger partial charge in [-0.3, -0.25) is 0 Å². The van der Waals surface area contributed by atoms with Crippen molar-refractivity contribution in [2.24, 2.45) is 11.8 Å². The van der Waals surface area contributed by atoms with Gasteiger partial charge in [-0.15, -0.1) is 0 Å². The number of hydrogen-bond donors (Lipinski definition) is 0. The number of nitriles is 1. The van der Waals surface area contributed by atoms with Gasteiger partial charge >= 0.3 is 0 Å². The molecule has 1 unspecified atom stereocenters. The van der Waals surface area contributed by atoms with Crippen LogP contribution in [0.4, 0.5) is 0 Å². The van der Waals surface area contributed by atoms with Gasteiger partial charge in [-0.05, 0) is 37.1 Å². The van der Waals surface area contributed by atoms with E-state index in [1.54, 1.807) is 7.11 Å². The summed E-state index contributed by atoms with van der Waals surface area (Å²) in [7, 11) is 3.76. The van der Waals surface area contributed by atoms with Crippen LogP contribution in [0.15, 0.2) is 24.3 Å². The summed E-state index contributed by atoms with van der Waals surface area (Å²) in [5.74, 6) is 1.41. The van der Waals surface area contributed by atoms with Crippen LogP contribution in [0.5, 0.6) is 5.75 Å². The van der Waals surface area contributed by atoms with Crippen LogP contribution >= 0.6 is 0 Å². The van der Waals surface area contributed by atoms with Crippen LogP contribution in [0.2, 0.25) is 0 Å². The molecule has 0 fully saturated rings. The molecule has 1 atom stereocenters. The van der Waals surface area contributed by atoms with E-state index in [1.165, 1.54) is 5.56 Å². The predicted molar refractivity (Wildman–Crippen MR) is 78.1 cm³/mol.